The van der Waals surface area contributed by atoms with Crippen molar-refractivity contribution < 1.29 is 19.7 Å². The van der Waals surface area contributed by atoms with Gasteiger partial charge < -0.3 is 19.8 Å². The number of ether oxygens (including phenoxy) is 1. The molecule has 0 saturated carbocycles. The molecular formula is C11H13NO4. The van der Waals surface area contributed by atoms with Gasteiger partial charge in [0.25, 0.3) is 0 Å². The van der Waals surface area contributed by atoms with Gasteiger partial charge in [0.2, 0.25) is 0 Å². The summed E-state index contributed by atoms with van der Waals surface area (Å²) < 4.78 is 5.42. The van der Waals surface area contributed by atoms with E-state index in [4.69, 9.17) is 9.84 Å². The van der Waals surface area contributed by atoms with Crippen LogP contribution in [-0.4, -0.2) is 36.4 Å². The van der Waals surface area contributed by atoms with E-state index in [1.54, 1.807) is 18.2 Å². The van der Waals surface area contributed by atoms with E-state index in [2.05, 4.69) is 0 Å². The van der Waals surface area contributed by atoms with Crippen molar-refractivity contribution in [1.82, 2.24) is 0 Å². The van der Waals surface area contributed by atoms with Gasteiger partial charge in [0.05, 0.1) is 12.2 Å². The van der Waals surface area contributed by atoms with Gasteiger partial charge in [-0.2, -0.15) is 0 Å². The van der Waals surface area contributed by atoms with E-state index in [0.29, 0.717) is 12.2 Å². The highest BCUT2D eigenvalue weighted by molar-refractivity contribution is 5.75. The number of hydrogen-bond acceptors (Lipinski definition) is 4. The molecule has 0 saturated heterocycles. The summed E-state index contributed by atoms with van der Waals surface area (Å²) >= 11 is 0. The summed E-state index contributed by atoms with van der Waals surface area (Å²) in [5.41, 5.74) is 1.17. The van der Waals surface area contributed by atoms with Crippen molar-refractivity contribution in [3.05, 3.63) is 23.8 Å². The Balaban J connectivity index is 2.37. The maximum Gasteiger partial charge on any atom is 0.337 e. The molecule has 2 N–H and O–H groups in total. The van der Waals surface area contributed by atoms with Crippen LogP contribution in [0.15, 0.2) is 18.2 Å². The van der Waals surface area contributed by atoms with Crippen molar-refractivity contribution in [2.24, 2.45) is 0 Å². The fourth-order valence-electron chi connectivity index (χ4n) is 1.68. The molecule has 0 bridgehead atoms. The number of carbonyl (C=O) groups is 1. The predicted molar refractivity (Wildman–Crippen MR) is 57.8 cm³/mol. The lowest BCUT2D eigenvalue weighted by molar-refractivity contribution is -0.146. The quantitative estimate of drug-likeness (QED) is 0.769. The topological polar surface area (TPSA) is 70.0 Å². The SMILES string of the molecule is CN1CCOc2ccc(C(O)C(=O)O)cc21. The first-order valence-electron chi connectivity index (χ1n) is 4.98. The van der Waals surface area contributed by atoms with Crippen LogP contribution in [0.3, 0.4) is 0 Å². The number of fused-ring (bicyclic) bond motifs is 1. The first-order chi connectivity index (χ1) is 7.59. The Morgan fingerprint density at radius 1 is 1.56 bits per heavy atom. The Morgan fingerprint density at radius 2 is 2.31 bits per heavy atom. The Kier molecular flexibility index (Phi) is 2.70. The molecule has 1 aromatic rings. The number of carboxylic acids is 1. The highest BCUT2D eigenvalue weighted by Gasteiger charge is 2.20. The molecule has 1 heterocycles. The molecule has 16 heavy (non-hydrogen) atoms. The van der Waals surface area contributed by atoms with E-state index < -0.39 is 12.1 Å². The van der Waals surface area contributed by atoms with Gasteiger partial charge in [-0.3, -0.25) is 0 Å². The molecule has 0 amide bonds. The minimum absolute atomic E-state index is 0.364. The number of anilines is 1. The molecule has 0 fully saturated rings. The summed E-state index contributed by atoms with van der Waals surface area (Å²) in [6.07, 6.45) is -1.49. The van der Waals surface area contributed by atoms with Crippen LogP contribution in [0.4, 0.5) is 5.69 Å². The number of benzene rings is 1. The molecule has 1 aromatic carbocycles. The second-order valence-electron chi connectivity index (χ2n) is 3.74. The Bertz CT molecular complexity index is 418. The van der Waals surface area contributed by atoms with Crippen LogP contribution < -0.4 is 9.64 Å². The molecule has 0 aromatic heterocycles. The average Bonchev–Trinajstić information content (AvgIpc) is 2.28. The van der Waals surface area contributed by atoms with Gasteiger partial charge in [-0.15, -0.1) is 0 Å². The zero-order valence-corrected chi connectivity index (χ0v) is 8.88. The number of likely N-dealkylation sites (N-methyl/N-ethyl adjacent to an activating group) is 1. The van der Waals surface area contributed by atoms with Gasteiger partial charge in [-0.05, 0) is 17.7 Å². The molecule has 0 radical (unpaired) electrons. The Labute approximate surface area is 92.9 Å². The molecule has 1 atom stereocenters. The largest absolute Gasteiger partial charge is 0.490 e. The highest BCUT2D eigenvalue weighted by atomic mass is 16.5. The molecule has 2 rings (SSSR count). The van der Waals surface area contributed by atoms with Gasteiger partial charge in [0, 0.05) is 7.05 Å². The lowest BCUT2D eigenvalue weighted by atomic mass is 10.1. The number of nitrogens with zero attached hydrogens (tertiary/aromatic N) is 1. The zero-order valence-electron chi connectivity index (χ0n) is 8.88. The predicted octanol–water partition coefficient (Wildman–Crippen LogP) is 0.633. The summed E-state index contributed by atoms with van der Waals surface area (Å²) in [5.74, 6) is -0.533. The molecule has 1 unspecified atom stereocenters. The van der Waals surface area contributed by atoms with Gasteiger partial charge in [0.1, 0.15) is 12.4 Å². The van der Waals surface area contributed by atoms with Crippen LogP contribution >= 0.6 is 0 Å². The number of aliphatic hydroxyl groups is 1. The fraction of sp³-hybridized carbons (Fsp3) is 0.364. The van der Waals surface area contributed by atoms with Crippen LogP contribution in [-0.2, 0) is 4.79 Å². The van der Waals surface area contributed by atoms with Crippen LogP contribution in [0.5, 0.6) is 5.75 Å². The second-order valence-corrected chi connectivity index (χ2v) is 3.74. The van der Waals surface area contributed by atoms with Crippen molar-refractivity contribution in [2.45, 2.75) is 6.10 Å². The van der Waals surface area contributed by atoms with Crippen LogP contribution in [0.2, 0.25) is 0 Å². The van der Waals surface area contributed by atoms with Crippen LogP contribution in [0.25, 0.3) is 0 Å². The maximum atomic E-state index is 10.7. The van der Waals surface area contributed by atoms with E-state index in [1.807, 2.05) is 11.9 Å². The minimum Gasteiger partial charge on any atom is -0.490 e. The molecule has 5 heteroatoms. The Hall–Kier alpha value is -1.75. The third kappa shape index (κ3) is 1.81. The average molecular weight is 223 g/mol. The number of rotatable bonds is 2. The van der Waals surface area contributed by atoms with Crippen LogP contribution in [0.1, 0.15) is 11.7 Å². The van der Waals surface area contributed by atoms with E-state index in [1.165, 1.54) is 0 Å². The third-order valence-corrected chi connectivity index (χ3v) is 2.63. The number of aliphatic hydroxyl groups excluding tert-OH is 1. The normalized spacial score (nSPS) is 16.2. The summed E-state index contributed by atoms with van der Waals surface area (Å²) in [6.45, 7) is 1.37. The van der Waals surface area contributed by atoms with E-state index in [9.17, 15) is 9.90 Å². The second kappa shape index (κ2) is 4.02. The molecule has 1 aliphatic heterocycles. The maximum absolute atomic E-state index is 10.7. The van der Waals surface area contributed by atoms with Gasteiger partial charge >= 0.3 is 5.97 Å². The lowest BCUT2D eigenvalue weighted by Gasteiger charge is -2.28. The molecule has 5 nitrogen and oxygen atoms in total. The molecular weight excluding hydrogens is 210 g/mol. The van der Waals surface area contributed by atoms with E-state index in [0.717, 1.165) is 18.0 Å². The zero-order chi connectivity index (χ0) is 11.7. The molecule has 86 valence electrons. The van der Waals surface area contributed by atoms with Crippen molar-refractivity contribution in [3.8, 4) is 5.75 Å². The smallest absolute Gasteiger partial charge is 0.337 e. The fourth-order valence-corrected chi connectivity index (χ4v) is 1.68. The first-order valence-corrected chi connectivity index (χ1v) is 4.98. The van der Waals surface area contributed by atoms with Crippen molar-refractivity contribution in [1.29, 1.82) is 0 Å². The summed E-state index contributed by atoms with van der Waals surface area (Å²) in [7, 11) is 1.90. The summed E-state index contributed by atoms with van der Waals surface area (Å²) in [4.78, 5) is 12.6. The number of carboxylic acid groups (broad SMARTS) is 1. The number of hydrogen-bond donors (Lipinski definition) is 2. The molecule has 0 aliphatic carbocycles. The molecule has 0 spiro atoms. The van der Waals surface area contributed by atoms with Gasteiger partial charge in [-0.1, -0.05) is 6.07 Å². The van der Waals surface area contributed by atoms with Gasteiger partial charge in [0.15, 0.2) is 6.10 Å². The first kappa shape index (κ1) is 10.8. The van der Waals surface area contributed by atoms with E-state index in [-0.39, 0.29) is 0 Å². The standard InChI is InChI=1S/C11H13NO4/c1-12-4-5-16-9-3-2-7(6-8(9)12)10(13)11(14)15/h2-3,6,10,13H,4-5H2,1H3,(H,14,15). The van der Waals surface area contributed by atoms with E-state index >= 15 is 0 Å². The summed E-state index contributed by atoms with van der Waals surface area (Å²) in [6, 6.07) is 4.90. The third-order valence-electron chi connectivity index (χ3n) is 2.63. The summed E-state index contributed by atoms with van der Waals surface area (Å²) in [5, 5.41) is 18.1. The molecule has 1 aliphatic rings. The highest BCUT2D eigenvalue weighted by Crippen LogP contribution is 2.33. The van der Waals surface area contributed by atoms with Crippen molar-refractivity contribution in [3.63, 3.8) is 0 Å². The van der Waals surface area contributed by atoms with Crippen molar-refractivity contribution >= 4 is 11.7 Å². The Morgan fingerprint density at radius 3 is 3.00 bits per heavy atom. The van der Waals surface area contributed by atoms with Crippen molar-refractivity contribution in [2.75, 3.05) is 25.1 Å². The monoisotopic (exact) mass is 223 g/mol. The van der Waals surface area contributed by atoms with Gasteiger partial charge in [-0.25, -0.2) is 4.79 Å². The lowest BCUT2D eigenvalue weighted by Crippen LogP contribution is -2.29. The van der Waals surface area contributed by atoms with Crippen LogP contribution in [0, 0.1) is 0 Å². The number of aliphatic carboxylic acids is 1. The minimum atomic E-state index is -1.49.